The number of benzene rings is 1. The maximum atomic E-state index is 12.2. The van der Waals surface area contributed by atoms with Crippen LogP contribution in [0.25, 0.3) is 10.2 Å². The molecule has 0 spiro atoms. The highest BCUT2D eigenvalue weighted by Crippen LogP contribution is 2.23. The van der Waals surface area contributed by atoms with E-state index in [1.54, 1.807) is 0 Å². The SMILES string of the molecule is Cl.Cl.O=c1sc2ccccc2n1CCCCCN1CCN(C2CCCCC2)CC1. The molecule has 1 aromatic heterocycles. The first kappa shape index (κ1) is 24.7. The van der Waals surface area contributed by atoms with Crippen LogP contribution >= 0.6 is 36.2 Å². The molecule has 1 saturated carbocycles. The number of para-hydroxylation sites is 1. The smallest absolute Gasteiger partial charge is 0.301 e. The van der Waals surface area contributed by atoms with Gasteiger partial charge in [0.1, 0.15) is 0 Å². The van der Waals surface area contributed by atoms with Gasteiger partial charge in [-0.25, -0.2) is 0 Å². The van der Waals surface area contributed by atoms with Gasteiger partial charge in [0, 0.05) is 38.8 Å². The molecule has 2 aliphatic rings. The summed E-state index contributed by atoms with van der Waals surface area (Å²) in [5, 5.41) is 0. The third-order valence-electron chi connectivity index (χ3n) is 6.43. The Kier molecular flexibility index (Phi) is 10.5. The van der Waals surface area contributed by atoms with Crippen molar-refractivity contribution < 1.29 is 0 Å². The summed E-state index contributed by atoms with van der Waals surface area (Å²) in [7, 11) is 0. The topological polar surface area (TPSA) is 28.5 Å². The lowest BCUT2D eigenvalue weighted by Gasteiger charge is -2.40. The quantitative estimate of drug-likeness (QED) is 0.543. The molecule has 0 radical (unpaired) electrons. The van der Waals surface area contributed by atoms with E-state index in [-0.39, 0.29) is 29.7 Å². The molecule has 2 fully saturated rings. The highest BCUT2D eigenvalue weighted by atomic mass is 35.5. The van der Waals surface area contributed by atoms with Gasteiger partial charge in [0.2, 0.25) is 0 Å². The molecule has 1 aliphatic heterocycles. The largest absolute Gasteiger partial charge is 0.308 e. The van der Waals surface area contributed by atoms with E-state index >= 15 is 0 Å². The van der Waals surface area contributed by atoms with Gasteiger partial charge >= 0.3 is 4.87 Å². The molecule has 0 atom stereocenters. The Hall–Kier alpha value is -0.590. The van der Waals surface area contributed by atoms with Crippen LogP contribution in [0.5, 0.6) is 0 Å². The fourth-order valence-corrected chi connectivity index (χ4v) is 5.72. The van der Waals surface area contributed by atoms with Crippen LogP contribution in [0.15, 0.2) is 29.1 Å². The van der Waals surface area contributed by atoms with Gasteiger partial charge in [-0.3, -0.25) is 14.3 Å². The highest BCUT2D eigenvalue weighted by Gasteiger charge is 2.24. The number of thiazole rings is 1. The van der Waals surface area contributed by atoms with E-state index in [9.17, 15) is 4.79 Å². The first-order valence-corrected chi connectivity index (χ1v) is 11.7. The van der Waals surface area contributed by atoms with E-state index in [4.69, 9.17) is 0 Å². The molecule has 164 valence electrons. The first-order chi connectivity index (χ1) is 13.3. The van der Waals surface area contributed by atoms with Crippen LogP contribution in [0.3, 0.4) is 0 Å². The van der Waals surface area contributed by atoms with Gasteiger partial charge in [-0.05, 0) is 44.4 Å². The Bertz CT molecular complexity index is 780. The molecule has 0 amide bonds. The van der Waals surface area contributed by atoms with E-state index in [1.165, 1.54) is 89.0 Å². The third kappa shape index (κ3) is 6.44. The van der Waals surface area contributed by atoms with Crippen molar-refractivity contribution in [3.8, 4) is 0 Å². The van der Waals surface area contributed by atoms with Crippen molar-refractivity contribution >= 4 is 46.4 Å². The Morgan fingerprint density at radius 3 is 2.31 bits per heavy atom. The summed E-state index contributed by atoms with van der Waals surface area (Å²) in [5.74, 6) is 0. The lowest BCUT2D eigenvalue weighted by atomic mass is 9.94. The molecule has 1 saturated heterocycles. The van der Waals surface area contributed by atoms with Crippen molar-refractivity contribution in [3.63, 3.8) is 0 Å². The van der Waals surface area contributed by atoms with Gasteiger partial charge < -0.3 is 4.90 Å². The van der Waals surface area contributed by atoms with Crippen molar-refractivity contribution in [3.05, 3.63) is 33.9 Å². The number of nitrogens with zero attached hydrogens (tertiary/aromatic N) is 3. The molecule has 2 aromatic rings. The molecule has 2 heterocycles. The Morgan fingerprint density at radius 2 is 1.55 bits per heavy atom. The van der Waals surface area contributed by atoms with Crippen LogP contribution in [0.1, 0.15) is 51.4 Å². The molecule has 1 aliphatic carbocycles. The highest BCUT2D eigenvalue weighted by molar-refractivity contribution is 7.16. The second-order valence-electron chi connectivity index (χ2n) is 8.22. The molecule has 0 bridgehead atoms. The number of halogens is 2. The number of hydrogen-bond acceptors (Lipinski definition) is 4. The summed E-state index contributed by atoms with van der Waals surface area (Å²) in [6, 6.07) is 9.03. The number of fused-ring (bicyclic) bond motifs is 1. The van der Waals surface area contributed by atoms with E-state index in [0.29, 0.717) is 0 Å². The van der Waals surface area contributed by atoms with Gasteiger partial charge in [0.05, 0.1) is 10.2 Å². The Morgan fingerprint density at radius 1 is 0.862 bits per heavy atom. The van der Waals surface area contributed by atoms with Crippen molar-refractivity contribution in [1.82, 2.24) is 14.4 Å². The van der Waals surface area contributed by atoms with Crippen LogP contribution in [-0.4, -0.2) is 53.1 Å². The van der Waals surface area contributed by atoms with Crippen molar-refractivity contribution in [2.24, 2.45) is 0 Å². The van der Waals surface area contributed by atoms with Gasteiger partial charge in [0.15, 0.2) is 0 Å². The summed E-state index contributed by atoms with van der Waals surface area (Å²) in [5.41, 5.74) is 1.10. The minimum Gasteiger partial charge on any atom is -0.301 e. The van der Waals surface area contributed by atoms with E-state index < -0.39 is 0 Å². The summed E-state index contributed by atoms with van der Waals surface area (Å²) in [6.45, 7) is 7.09. The lowest BCUT2D eigenvalue weighted by molar-refractivity contribution is 0.0781. The number of aromatic nitrogens is 1. The van der Waals surface area contributed by atoms with Crippen LogP contribution < -0.4 is 4.87 Å². The second kappa shape index (κ2) is 12.3. The van der Waals surface area contributed by atoms with Gasteiger partial charge in [-0.2, -0.15) is 0 Å². The minimum absolute atomic E-state index is 0. The summed E-state index contributed by atoms with van der Waals surface area (Å²) >= 11 is 1.37. The summed E-state index contributed by atoms with van der Waals surface area (Å²) in [6.07, 6.45) is 10.7. The second-order valence-corrected chi connectivity index (χ2v) is 9.21. The monoisotopic (exact) mass is 459 g/mol. The van der Waals surface area contributed by atoms with Crippen LogP contribution in [0, 0.1) is 0 Å². The molecule has 7 heteroatoms. The maximum Gasteiger partial charge on any atom is 0.308 e. The van der Waals surface area contributed by atoms with Crippen LogP contribution in [0.2, 0.25) is 0 Å². The fraction of sp³-hybridized carbons (Fsp3) is 0.682. The van der Waals surface area contributed by atoms with Crippen molar-refractivity contribution in [1.29, 1.82) is 0 Å². The standard InChI is InChI=1S/C22H33N3OS.2ClH/c26-22-25(20-11-5-6-12-21(20)27-22)14-8-2-7-13-23-15-17-24(18-16-23)19-9-3-1-4-10-19;;/h5-6,11-12,19H,1-4,7-10,13-18H2;2*1H. The zero-order chi connectivity index (χ0) is 18.5. The van der Waals surface area contributed by atoms with E-state index in [2.05, 4.69) is 15.9 Å². The molecule has 0 N–H and O–H groups in total. The molecular formula is C22H35Cl2N3OS. The maximum absolute atomic E-state index is 12.2. The first-order valence-electron chi connectivity index (χ1n) is 10.9. The van der Waals surface area contributed by atoms with Crippen LogP contribution in [0.4, 0.5) is 0 Å². The lowest BCUT2D eigenvalue weighted by Crippen LogP contribution is -2.50. The number of hydrogen-bond donors (Lipinski definition) is 0. The zero-order valence-electron chi connectivity index (χ0n) is 17.3. The average molecular weight is 461 g/mol. The summed E-state index contributed by atoms with van der Waals surface area (Å²) in [4.78, 5) is 17.8. The normalized spacial score (nSPS) is 19.0. The Balaban J connectivity index is 0.00000150. The molecule has 1 aromatic carbocycles. The molecule has 0 unspecified atom stereocenters. The zero-order valence-corrected chi connectivity index (χ0v) is 19.7. The Labute approximate surface area is 191 Å². The summed E-state index contributed by atoms with van der Waals surface area (Å²) < 4.78 is 3.07. The van der Waals surface area contributed by atoms with Crippen molar-refractivity contribution in [2.45, 2.75) is 64.0 Å². The van der Waals surface area contributed by atoms with Gasteiger partial charge in [-0.15, -0.1) is 24.8 Å². The third-order valence-corrected chi connectivity index (χ3v) is 7.39. The number of unbranched alkanes of at least 4 members (excludes halogenated alkanes) is 2. The predicted molar refractivity (Wildman–Crippen MR) is 129 cm³/mol. The molecular weight excluding hydrogens is 425 g/mol. The predicted octanol–water partition coefficient (Wildman–Crippen LogP) is 5.03. The molecule has 4 rings (SSSR count). The van der Waals surface area contributed by atoms with Gasteiger partial charge in [0.25, 0.3) is 0 Å². The van der Waals surface area contributed by atoms with Crippen LogP contribution in [-0.2, 0) is 6.54 Å². The van der Waals surface area contributed by atoms with E-state index in [0.717, 1.165) is 29.2 Å². The molecule has 29 heavy (non-hydrogen) atoms. The van der Waals surface area contributed by atoms with Crippen molar-refractivity contribution in [2.75, 3.05) is 32.7 Å². The fourth-order valence-electron chi connectivity index (χ4n) is 4.81. The number of rotatable bonds is 7. The van der Waals surface area contributed by atoms with Gasteiger partial charge in [-0.1, -0.05) is 49.2 Å². The number of aryl methyl sites for hydroxylation is 1. The van der Waals surface area contributed by atoms with E-state index in [1.807, 2.05) is 22.8 Å². The molecule has 4 nitrogen and oxygen atoms in total. The average Bonchev–Trinajstić information content (AvgIpc) is 3.04. The number of piperazine rings is 1. The minimum atomic E-state index is 0.